The predicted molar refractivity (Wildman–Crippen MR) is 157 cm³/mol. The molecular weight excluding hydrogens is 532 g/mol. The molecule has 40 heavy (non-hydrogen) atoms. The number of benzene rings is 2. The van der Waals surface area contributed by atoms with Gasteiger partial charge in [-0.2, -0.15) is 4.98 Å². The minimum atomic E-state index is -2.99. The second kappa shape index (κ2) is 12.8. The first-order chi connectivity index (χ1) is 19.1. The Morgan fingerprint density at radius 2 is 2.05 bits per heavy atom. The van der Waals surface area contributed by atoms with Crippen molar-refractivity contribution in [2.24, 2.45) is 0 Å². The van der Waals surface area contributed by atoms with E-state index in [1.807, 2.05) is 25.2 Å². The minimum absolute atomic E-state index is 0.168. The molecule has 3 aromatic rings. The highest BCUT2D eigenvalue weighted by atomic mass is 32.2. The van der Waals surface area contributed by atoms with Gasteiger partial charge in [-0.05, 0) is 36.8 Å². The van der Waals surface area contributed by atoms with Crippen molar-refractivity contribution >= 4 is 38.8 Å². The van der Waals surface area contributed by atoms with Gasteiger partial charge in [0.1, 0.15) is 21.3 Å². The fourth-order valence-electron chi connectivity index (χ4n) is 4.41. The SMILES string of the molecule is C=CC(=O)Nc1cccc(Oc2ccnc(Nc3ccc(N(C)[C@H]4CCN(CCS(C)(=O)=O)C4)c(OC)c3)n2)c1. The molecule has 0 aliphatic carbocycles. The highest BCUT2D eigenvalue weighted by Crippen LogP contribution is 2.34. The lowest BCUT2D eigenvalue weighted by Crippen LogP contribution is -2.36. The van der Waals surface area contributed by atoms with E-state index in [1.165, 1.54) is 12.3 Å². The molecule has 1 aromatic heterocycles. The maximum atomic E-state index is 11.6. The van der Waals surface area contributed by atoms with Gasteiger partial charge in [-0.25, -0.2) is 13.4 Å². The predicted octanol–water partition coefficient (Wildman–Crippen LogP) is 3.70. The minimum Gasteiger partial charge on any atom is -0.495 e. The molecule has 2 aromatic carbocycles. The molecule has 12 heteroatoms. The maximum absolute atomic E-state index is 11.6. The molecule has 1 saturated heterocycles. The molecule has 0 spiro atoms. The van der Waals surface area contributed by atoms with Crippen LogP contribution in [0.25, 0.3) is 0 Å². The fraction of sp³-hybridized carbons (Fsp3) is 0.321. The van der Waals surface area contributed by atoms with Crippen LogP contribution in [0.5, 0.6) is 17.4 Å². The lowest BCUT2D eigenvalue weighted by Gasteiger charge is -2.28. The Balaban J connectivity index is 1.41. The van der Waals surface area contributed by atoms with E-state index in [4.69, 9.17) is 9.47 Å². The number of methoxy groups -OCH3 is 1. The van der Waals surface area contributed by atoms with Gasteiger partial charge in [-0.3, -0.25) is 4.79 Å². The Hall–Kier alpha value is -4.16. The zero-order valence-electron chi connectivity index (χ0n) is 22.8. The van der Waals surface area contributed by atoms with Crippen LogP contribution in [0, 0.1) is 0 Å². The van der Waals surface area contributed by atoms with Crippen molar-refractivity contribution in [2.75, 3.05) is 61.3 Å². The summed E-state index contributed by atoms with van der Waals surface area (Å²) in [7, 11) is 0.665. The number of likely N-dealkylation sites (N-methyl/N-ethyl adjacent to an activating group) is 1. The van der Waals surface area contributed by atoms with Crippen LogP contribution >= 0.6 is 0 Å². The number of anilines is 4. The van der Waals surface area contributed by atoms with Crippen molar-refractivity contribution in [3.63, 3.8) is 0 Å². The van der Waals surface area contributed by atoms with E-state index in [1.54, 1.807) is 43.6 Å². The Labute approximate surface area is 234 Å². The molecule has 2 N–H and O–H groups in total. The summed E-state index contributed by atoms with van der Waals surface area (Å²) in [5.41, 5.74) is 2.25. The zero-order valence-corrected chi connectivity index (χ0v) is 23.6. The number of carbonyl (C=O) groups is 1. The molecule has 4 rings (SSSR count). The lowest BCUT2D eigenvalue weighted by molar-refractivity contribution is -0.111. The molecule has 1 aliphatic heterocycles. The van der Waals surface area contributed by atoms with E-state index in [2.05, 4.69) is 37.0 Å². The first-order valence-electron chi connectivity index (χ1n) is 12.8. The number of hydrogen-bond acceptors (Lipinski definition) is 10. The van der Waals surface area contributed by atoms with E-state index < -0.39 is 9.84 Å². The van der Waals surface area contributed by atoms with E-state index >= 15 is 0 Å². The summed E-state index contributed by atoms with van der Waals surface area (Å²) in [4.78, 5) is 24.7. The summed E-state index contributed by atoms with van der Waals surface area (Å²) in [6, 6.07) is 14.6. The van der Waals surface area contributed by atoms with Crippen LogP contribution in [0.15, 0.2) is 67.4 Å². The van der Waals surface area contributed by atoms with Crippen LogP contribution < -0.4 is 25.0 Å². The fourth-order valence-corrected chi connectivity index (χ4v) is 5.00. The first-order valence-corrected chi connectivity index (χ1v) is 14.8. The monoisotopic (exact) mass is 566 g/mol. The van der Waals surface area contributed by atoms with Gasteiger partial charge in [0.05, 0.1) is 18.6 Å². The van der Waals surface area contributed by atoms with E-state index in [0.717, 1.165) is 30.9 Å². The average molecular weight is 567 g/mol. The second-order valence-corrected chi connectivity index (χ2v) is 11.8. The first kappa shape index (κ1) is 28.8. The number of nitrogens with one attached hydrogen (secondary N) is 2. The van der Waals surface area contributed by atoms with Crippen molar-refractivity contribution in [2.45, 2.75) is 12.5 Å². The van der Waals surface area contributed by atoms with E-state index in [0.29, 0.717) is 35.6 Å². The largest absolute Gasteiger partial charge is 0.495 e. The molecule has 0 radical (unpaired) electrons. The summed E-state index contributed by atoms with van der Waals surface area (Å²) in [6.07, 6.45) is 4.99. The smallest absolute Gasteiger partial charge is 0.247 e. The Bertz CT molecular complexity index is 1470. The quantitative estimate of drug-likeness (QED) is 0.314. The molecule has 1 atom stereocenters. The molecule has 0 unspecified atom stereocenters. The van der Waals surface area contributed by atoms with Crippen molar-refractivity contribution in [1.29, 1.82) is 0 Å². The summed E-state index contributed by atoms with van der Waals surface area (Å²) in [5.74, 6) is 1.72. The number of aromatic nitrogens is 2. The van der Waals surface area contributed by atoms with Crippen LogP contribution in [-0.4, -0.2) is 81.0 Å². The van der Waals surface area contributed by atoms with Gasteiger partial charge < -0.3 is 29.9 Å². The molecular formula is C28H34N6O5S. The number of hydrogen-bond donors (Lipinski definition) is 2. The van der Waals surface area contributed by atoms with Gasteiger partial charge >= 0.3 is 0 Å². The van der Waals surface area contributed by atoms with E-state index in [9.17, 15) is 13.2 Å². The van der Waals surface area contributed by atoms with Crippen LogP contribution in [0.4, 0.5) is 23.0 Å². The molecule has 1 aliphatic rings. The highest BCUT2D eigenvalue weighted by Gasteiger charge is 2.27. The average Bonchev–Trinajstić information content (AvgIpc) is 3.41. The molecule has 11 nitrogen and oxygen atoms in total. The van der Waals surface area contributed by atoms with Gasteiger partial charge in [-0.1, -0.05) is 12.6 Å². The van der Waals surface area contributed by atoms with Gasteiger partial charge in [0.25, 0.3) is 0 Å². The molecule has 0 saturated carbocycles. The maximum Gasteiger partial charge on any atom is 0.247 e. The number of ether oxygens (including phenoxy) is 2. The molecule has 212 valence electrons. The standard InChI is InChI=1S/C28H34N6O5S/c1-5-26(35)30-20-7-6-8-23(17-20)39-27-11-13-29-28(32-27)31-21-9-10-24(25(18-21)38-3)33(2)22-12-14-34(19-22)15-16-40(4,36)37/h5-11,13,17-18,22H,1,12,14-16,19H2,2-4H3,(H,30,35)(H,29,31,32)/t22-/m0/s1. The third kappa shape index (κ3) is 7.93. The van der Waals surface area contributed by atoms with Crippen LogP contribution in [0.1, 0.15) is 6.42 Å². The number of sulfone groups is 1. The van der Waals surface area contributed by atoms with Gasteiger partial charge in [0.15, 0.2) is 0 Å². The molecule has 1 fully saturated rings. The summed E-state index contributed by atoms with van der Waals surface area (Å²) >= 11 is 0. The Morgan fingerprint density at radius 3 is 2.80 bits per heavy atom. The third-order valence-corrected chi connectivity index (χ3v) is 7.45. The lowest BCUT2D eigenvalue weighted by atomic mass is 10.1. The third-order valence-electron chi connectivity index (χ3n) is 6.53. The Morgan fingerprint density at radius 1 is 1.23 bits per heavy atom. The van der Waals surface area contributed by atoms with Crippen LogP contribution in [0.2, 0.25) is 0 Å². The van der Waals surface area contributed by atoms with Gasteiger partial charge in [0.2, 0.25) is 17.7 Å². The van der Waals surface area contributed by atoms with Crippen molar-refractivity contribution in [3.05, 3.63) is 67.4 Å². The number of carbonyl (C=O) groups excluding carboxylic acids is 1. The van der Waals surface area contributed by atoms with Crippen molar-refractivity contribution in [3.8, 4) is 17.4 Å². The zero-order chi connectivity index (χ0) is 28.7. The van der Waals surface area contributed by atoms with Crippen molar-refractivity contribution in [1.82, 2.24) is 14.9 Å². The highest BCUT2D eigenvalue weighted by molar-refractivity contribution is 7.90. The number of nitrogens with zero attached hydrogens (tertiary/aromatic N) is 4. The van der Waals surface area contributed by atoms with Gasteiger partial charge in [0, 0.05) is 74.8 Å². The van der Waals surface area contributed by atoms with Gasteiger partial charge in [-0.15, -0.1) is 0 Å². The number of amides is 1. The topological polar surface area (TPSA) is 126 Å². The van der Waals surface area contributed by atoms with Crippen LogP contribution in [-0.2, 0) is 14.6 Å². The molecule has 2 heterocycles. The molecule has 0 bridgehead atoms. The normalized spacial score (nSPS) is 15.3. The number of likely N-dealkylation sites (tertiary alicyclic amines) is 1. The molecule has 1 amide bonds. The summed E-state index contributed by atoms with van der Waals surface area (Å²) < 4.78 is 34.6. The summed E-state index contributed by atoms with van der Waals surface area (Å²) in [5, 5.41) is 5.88. The second-order valence-electron chi connectivity index (χ2n) is 9.54. The van der Waals surface area contributed by atoms with Crippen LogP contribution in [0.3, 0.4) is 0 Å². The van der Waals surface area contributed by atoms with E-state index in [-0.39, 0.29) is 17.7 Å². The summed E-state index contributed by atoms with van der Waals surface area (Å²) in [6.45, 7) is 5.65. The number of rotatable bonds is 12. The Kier molecular flexibility index (Phi) is 9.22. The van der Waals surface area contributed by atoms with Crippen molar-refractivity contribution < 1.29 is 22.7 Å².